The van der Waals surface area contributed by atoms with Crippen molar-refractivity contribution >= 4 is 17.5 Å². The molecule has 0 aliphatic heterocycles. The number of amides is 2. The van der Waals surface area contributed by atoms with Crippen LogP contribution in [0.25, 0.3) is 0 Å². The van der Waals surface area contributed by atoms with Crippen molar-refractivity contribution in [2.24, 2.45) is 0 Å². The van der Waals surface area contributed by atoms with Gasteiger partial charge in [-0.15, -0.1) is 0 Å². The molecular weight excluding hydrogens is 276 g/mol. The fourth-order valence-corrected chi connectivity index (χ4v) is 2.34. The average molecular weight is 296 g/mol. The molecule has 0 saturated carbocycles. The Bertz CT molecular complexity index is 636. The van der Waals surface area contributed by atoms with Crippen LogP contribution in [0.15, 0.2) is 54.6 Å². The third-order valence-electron chi connectivity index (χ3n) is 3.57. The highest BCUT2D eigenvalue weighted by atomic mass is 16.2. The normalized spacial score (nSPS) is 11.5. The molecule has 0 saturated heterocycles. The predicted octanol–water partition coefficient (Wildman–Crippen LogP) is 3.18. The Morgan fingerprint density at radius 2 is 1.64 bits per heavy atom. The van der Waals surface area contributed by atoms with Crippen LogP contribution in [0.2, 0.25) is 0 Å². The first kappa shape index (κ1) is 15.8. The molecule has 4 heteroatoms. The first-order valence-corrected chi connectivity index (χ1v) is 7.33. The standard InChI is InChI=1S/C18H20N2O2/c1-3-16(13-7-5-4-6-8-13)18(22)20-15-11-9-14(10-12-15)17(21)19-2/h4-12,16H,3H2,1-2H3,(H,19,21)(H,20,22). The van der Waals surface area contributed by atoms with Crippen molar-refractivity contribution in [3.05, 3.63) is 65.7 Å². The van der Waals surface area contributed by atoms with Crippen molar-refractivity contribution in [1.82, 2.24) is 5.32 Å². The lowest BCUT2D eigenvalue weighted by molar-refractivity contribution is -0.117. The van der Waals surface area contributed by atoms with Crippen LogP contribution in [-0.4, -0.2) is 18.9 Å². The summed E-state index contributed by atoms with van der Waals surface area (Å²) in [5.41, 5.74) is 2.26. The van der Waals surface area contributed by atoms with Gasteiger partial charge in [0.25, 0.3) is 5.91 Å². The Morgan fingerprint density at radius 1 is 1.00 bits per heavy atom. The molecule has 22 heavy (non-hydrogen) atoms. The lowest BCUT2D eigenvalue weighted by Gasteiger charge is -2.15. The molecule has 114 valence electrons. The molecule has 0 fully saturated rings. The second kappa shape index (κ2) is 7.41. The van der Waals surface area contributed by atoms with Crippen molar-refractivity contribution < 1.29 is 9.59 Å². The SMILES string of the molecule is CCC(C(=O)Nc1ccc(C(=O)NC)cc1)c1ccccc1. The van der Waals surface area contributed by atoms with Gasteiger partial charge in [-0.2, -0.15) is 0 Å². The van der Waals surface area contributed by atoms with E-state index in [2.05, 4.69) is 10.6 Å². The van der Waals surface area contributed by atoms with Gasteiger partial charge in [0.2, 0.25) is 5.91 Å². The summed E-state index contributed by atoms with van der Waals surface area (Å²) in [5.74, 6) is -0.366. The maximum absolute atomic E-state index is 12.4. The van der Waals surface area contributed by atoms with Crippen molar-refractivity contribution in [3.8, 4) is 0 Å². The summed E-state index contributed by atoms with van der Waals surface area (Å²) in [4.78, 5) is 23.9. The summed E-state index contributed by atoms with van der Waals surface area (Å²) in [7, 11) is 1.59. The van der Waals surface area contributed by atoms with Gasteiger partial charge >= 0.3 is 0 Å². The van der Waals surface area contributed by atoms with Gasteiger partial charge in [-0.3, -0.25) is 9.59 Å². The molecule has 2 rings (SSSR count). The molecular formula is C18H20N2O2. The summed E-state index contributed by atoms with van der Waals surface area (Å²) >= 11 is 0. The molecule has 0 bridgehead atoms. The molecule has 2 aromatic carbocycles. The van der Waals surface area contributed by atoms with Gasteiger partial charge in [-0.05, 0) is 36.2 Å². The molecule has 1 unspecified atom stereocenters. The number of nitrogens with one attached hydrogen (secondary N) is 2. The lowest BCUT2D eigenvalue weighted by Crippen LogP contribution is -2.21. The van der Waals surface area contributed by atoms with E-state index in [1.54, 1.807) is 31.3 Å². The van der Waals surface area contributed by atoms with E-state index < -0.39 is 0 Å². The number of benzene rings is 2. The molecule has 0 aromatic heterocycles. The van der Waals surface area contributed by atoms with Crippen molar-refractivity contribution in [2.75, 3.05) is 12.4 Å². The van der Waals surface area contributed by atoms with Crippen LogP contribution < -0.4 is 10.6 Å². The van der Waals surface area contributed by atoms with E-state index >= 15 is 0 Å². The highest BCUT2D eigenvalue weighted by Crippen LogP contribution is 2.21. The van der Waals surface area contributed by atoms with Gasteiger partial charge in [0.15, 0.2) is 0 Å². The topological polar surface area (TPSA) is 58.2 Å². The first-order valence-electron chi connectivity index (χ1n) is 7.33. The molecule has 1 atom stereocenters. The highest BCUT2D eigenvalue weighted by Gasteiger charge is 2.18. The smallest absolute Gasteiger partial charge is 0.251 e. The Balaban J connectivity index is 2.09. The molecule has 0 aliphatic carbocycles. The maximum atomic E-state index is 12.4. The molecule has 4 nitrogen and oxygen atoms in total. The van der Waals surface area contributed by atoms with E-state index in [0.29, 0.717) is 11.3 Å². The monoisotopic (exact) mass is 296 g/mol. The quantitative estimate of drug-likeness (QED) is 0.890. The second-order valence-electron chi connectivity index (χ2n) is 5.02. The Hall–Kier alpha value is -2.62. The zero-order valence-electron chi connectivity index (χ0n) is 12.8. The fourth-order valence-electron chi connectivity index (χ4n) is 2.34. The molecule has 2 aromatic rings. The summed E-state index contributed by atoms with van der Waals surface area (Å²) in [5, 5.41) is 5.47. The van der Waals surface area contributed by atoms with E-state index in [0.717, 1.165) is 12.0 Å². The van der Waals surface area contributed by atoms with Crippen LogP contribution >= 0.6 is 0 Å². The fraction of sp³-hybridized carbons (Fsp3) is 0.222. The lowest BCUT2D eigenvalue weighted by atomic mass is 9.95. The number of rotatable bonds is 5. The van der Waals surface area contributed by atoms with Gasteiger partial charge in [0.05, 0.1) is 5.92 Å². The molecule has 0 radical (unpaired) electrons. The Morgan fingerprint density at radius 3 is 2.18 bits per heavy atom. The molecule has 0 spiro atoms. The largest absolute Gasteiger partial charge is 0.355 e. The van der Waals surface area contributed by atoms with Crippen LogP contribution in [0.5, 0.6) is 0 Å². The number of carbonyl (C=O) groups excluding carboxylic acids is 2. The van der Waals surface area contributed by atoms with Crippen LogP contribution in [0.1, 0.15) is 35.2 Å². The van der Waals surface area contributed by atoms with E-state index in [4.69, 9.17) is 0 Å². The second-order valence-corrected chi connectivity index (χ2v) is 5.02. The maximum Gasteiger partial charge on any atom is 0.251 e. The van der Waals surface area contributed by atoms with Gasteiger partial charge < -0.3 is 10.6 Å². The highest BCUT2D eigenvalue weighted by molar-refractivity contribution is 5.97. The van der Waals surface area contributed by atoms with Gasteiger partial charge in [0.1, 0.15) is 0 Å². The molecule has 0 aliphatic rings. The molecule has 0 heterocycles. The van der Waals surface area contributed by atoms with E-state index in [1.165, 1.54) is 0 Å². The minimum absolute atomic E-state index is 0.0404. The van der Waals surface area contributed by atoms with Crippen LogP contribution in [0.3, 0.4) is 0 Å². The number of carbonyl (C=O) groups is 2. The van der Waals surface area contributed by atoms with Crippen molar-refractivity contribution in [1.29, 1.82) is 0 Å². The number of hydrogen-bond acceptors (Lipinski definition) is 2. The van der Waals surface area contributed by atoms with E-state index in [1.807, 2.05) is 37.3 Å². The number of anilines is 1. The minimum atomic E-state index is -0.181. The third kappa shape index (κ3) is 3.73. The molecule has 2 amide bonds. The summed E-state index contributed by atoms with van der Waals surface area (Å²) in [6, 6.07) is 16.6. The number of hydrogen-bond donors (Lipinski definition) is 2. The van der Waals surface area contributed by atoms with Crippen molar-refractivity contribution in [2.45, 2.75) is 19.3 Å². The van der Waals surface area contributed by atoms with E-state index in [-0.39, 0.29) is 17.7 Å². The van der Waals surface area contributed by atoms with Gasteiger partial charge in [0, 0.05) is 18.3 Å². The molecule has 2 N–H and O–H groups in total. The minimum Gasteiger partial charge on any atom is -0.355 e. The Labute approximate surface area is 130 Å². The van der Waals surface area contributed by atoms with Crippen molar-refractivity contribution in [3.63, 3.8) is 0 Å². The van der Waals surface area contributed by atoms with E-state index in [9.17, 15) is 9.59 Å². The Kier molecular flexibility index (Phi) is 5.31. The van der Waals surface area contributed by atoms with Crippen LogP contribution in [0, 0.1) is 0 Å². The van der Waals surface area contributed by atoms with Gasteiger partial charge in [-0.1, -0.05) is 37.3 Å². The summed E-state index contributed by atoms with van der Waals surface area (Å²) in [6.07, 6.45) is 0.728. The summed E-state index contributed by atoms with van der Waals surface area (Å²) < 4.78 is 0. The van der Waals surface area contributed by atoms with Crippen LogP contribution in [-0.2, 0) is 4.79 Å². The summed E-state index contributed by atoms with van der Waals surface area (Å²) in [6.45, 7) is 1.99. The van der Waals surface area contributed by atoms with Crippen LogP contribution in [0.4, 0.5) is 5.69 Å². The average Bonchev–Trinajstić information content (AvgIpc) is 2.56. The first-order chi connectivity index (χ1) is 10.7. The third-order valence-corrected chi connectivity index (χ3v) is 3.57. The predicted molar refractivity (Wildman–Crippen MR) is 87.9 cm³/mol. The zero-order valence-corrected chi connectivity index (χ0v) is 12.8. The zero-order chi connectivity index (χ0) is 15.9. The van der Waals surface area contributed by atoms with Gasteiger partial charge in [-0.25, -0.2) is 0 Å².